The fraction of sp³-hybridized carbons (Fsp3) is 0.360. The Kier molecular flexibility index (Phi) is 5.77. The summed E-state index contributed by atoms with van der Waals surface area (Å²) in [6.45, 7) is 10.6. The summed E-state index contributed by atoms with van der Waals surface area (Å²) in [7, 11) is 0. The predicted molar refractivity (Wildman–Crippen MR) is 127 cm³/mol. The molecule has 6 nitrogen and oxygen atoms in total. The maximum Gasteiger partial charge on any atom is 0.337 e. The van der Waals surface area contributed by atoms with Crippen LogP contribution < -0.4 is 10.1 Å². The number of nitrogens with zero attached hydrogens (tertiary/aromatic N) is 1. The van der Waals surface area contributed by atoms with E-state index in [9.17, 15) is 9.90 Å². The molecule has 2 aromatic carbocycles. The van der Waals surface area contributed by atoms with Crippen molar-refractivity contribution in [3.63, 3.8) is 0 Å². The fourth-order valence-electron chi connectivity index (χ4n) is 4.11. The average molecular weight is 455 g/mol. The number of halogens is 1. The first-order valence-electron chi connectivity index (χ1n) is 10.6. The van der Waals surface area contributed by atoms with E-state index in [0.717, 1.165) is 22.2 Å². The molecule has 0 saturated carbocycles. The van der Waals surface area contributed by atoms with Gasteiger partial charge < -0.3 is 19.9 Å². The van der Waals surface area contributed by atoms with E-state index in [0.29, 0.717) is 46.3 Å². The molecule has 1 aliphatic rings. The number of hydrogen-bond acceptors (Lipinski definition) is 5. The highest BCUT2D eigenvalue weighted by molar-refractivity contribution is 6.37. The molecule has 0 spiro atoms. The van der Waals surface area contributed by atoms with Gasteiger partial charge >= 0.3 is 5.97 Å². The number of benzene rings is 2. The Morgan fingerprint density at radius 2 is 2.00 bits per heavy atom. The van der Waals surface area contributed by atoms with Gasteiger partial charge in [-0.2, -0.15) is 0 Å². The number of fused-ring (bicyclic) bond motifs is 2. The maximum atomic E-state index is 12.4. The van der Waals surface area contributed by atoms with Crippen LogP contribution in [0.5, 0.6) is 5.75 Å². The summed E-state index contributed by atoms with van der Waals surface area (Å²) in [5.74, 6) is -0.377. The SMILES string of the molecule is Cc1ccc2c(-c3ccc4c(c3Cl)NCCO4)c(C(OC(C)(C)C)C(=O)O)c(C)cc2n1. The van der Waals surface area contributed by atoms with E-state index >= 15 is 0 Å². The van der Waals surface area contributed by atoms with Gasteiger partial charge in [0.2, 0.25) is 0 Å². The number of carboxylic acid groups (broad SMARTS) is 1. The third-order valence-corrected chi connectivity index (χ3v) is 5.77. The number of aryl methyl sites for hydroxylation is 2. The molecule has 168 valence electrons. The molecule has 0 saturated heterocycles. The highest BCUT2D eigenvalue weighted by Gasteiger charge is 2.33. The normalized spacial score (nSPS) is 14.4. The highest BCUT2D eigenvalue weighted by Crippen LogP contribution is 2.47. The molecule has 1 aliphatic heterocycles. The van der Waals surface area contributed by atoms with Gasteiger partial charge in [-0.1, -0.05) is 17.7 Å². The second-order valence-electron chi connectivity index (χ2n) is 9.03. The van der Waals surface area contributed by atoms with Crippen LogP contribution in [-0.2, 0) is 9.53 Å². The third-order valence-electron chi connectivity index (χ3n) is 5.37. The van der Waals surface area contributed by atoms with Crippen LogP contribution in [0.4, 0.5) is 5.69 Å². The van der Waals surface area contributed by atoms with Gasteiger partial charge in [0, 0.05) is 28.8 Å². The molecule has 7 heteroatoms. The van der Waals surface area contributed by atoms with E-state index in [4.69, 9.17) is 21.1 Å². The lowest BCUT2D eigenvalue weighted by Gasteiger charge is -2.29. The quantitative estimate of drug-likeness (QED) is 0.509. The van der Waals surface area contributed by atoms with Crippen molar-refractivity contribution in [2.45, 2.75) is 46.3 Å². The minimum atomic E-state index is -1.17. The zero-order valence-electron chi connectivity index (χ0n) is 18.9. The first kappa shape index (κ1) is 22.4. The van der Waals surface area contributed by atoms with Crippen LogP contribution in [0.15, 0.2) is 30.3 Å². The van der Waals surface area contributed by atoms with Crippen molar-refractivity contribution < 1.29 is 19.4 Å². The number of anilines is 1. The van der Waals surface area contributed by atoms with Gasteiger partial charge in [0.15, 0.2) is 6.10 Å². The smallest absolute Gasteiger partial charge is 0.337 e. The summed E-state index contributed by atoms with van der Waals surface area (Å²) < 4.78 is 11.8. The lowest BCUT2D eigenvalue weighted by Crippen LogP contribution is -2.28. The van der Waals surface area contributed by atoms with Crippen molar-refractivity contribution in [3.8, 4) is 16.9 Å². The predicted octanol–water partition coefficient (Wildman–Crippen LogP) is 5.92. The van der Waals surface area contributed by atoms with Crippen molar-refractivity contribution in [2.75, 3.05) is 18.5 Å². The zero-order valence-corrected chi connectivity index (χ0v) is 19.6. The summed E-state index contributed by atoms with van der Waals surface area (Å²) in [4.78, 5) is 17.1. The average Bonchev–Trinajstić information content (AvgIpc) is 2.71. The van der Waals surface area contributed by atoms with Crippen molar-refractivity contribution >= 4 is 34.2 Å². The fourth-order valence-corrected chi connectivity index (χ4v) is 4.43. The number of aromatic nitrogens is 1. The number of hydrogen-bond donors (Lipinski definition) is 2. The number of aliphatic carboxylic acids is 1. The molecule has 0 fully saturated rings. The van der Waals surface area contributed by atoms with Crippen molar-refractivity contribution in [1.82, 2.24) is 4.98 Å². The van der Waals surface area contributed by atoms with Crippen LogP contribution in [0, 0.1) is 13.8 Å². The summed E-state index contributed by atoms with van der Waals surface area (Å²) in [6.07, 6.45) is -1.17. The molecule has 0 bridgehead atoms. The first-order valence-corrected chi connectivity index (χ1v) is 11.0. The molecule has 1 unspecified atom stereocenters. The van der Waals surface area contributed by atoms with Crippen LogP contribution >= 0.6 is 11.6 Å². The Balaban J connectivity index is 2.08. The van der Waals surface area contributed by atoms with Crippen LogP contribution in [0.25, 0.3) is 22.0 Å². The molecular formula is C25H27ClN2O4. The molecule has 1 atom stereocenters. The Morgan fingerprint density at radius 3 is 2.69 bits per heavy atom. The van der Waals surface area contributed by atoms with Gasteiger partial charge in [0.05, 0.1) is 21.8 Å². The number of carboxylic acids is 1. The standard InChI is InChI=1S/C25H27ClN2O4/c1-13-12-17-15(7-6-14(2)28-17)20(19(13)23(24(29)30)32-25(3,4)5)16-8-9-18-22(21(16)26)27-10-11-31-18/h6-9,12,23,27H,10-11H2,1-5H3,(H,29,30). The Hall–Kier alpha value is -2.83. The molecule has 0 radical (unpaired) electrons. The lowest BCUT2D eigenvalue weighted by atomic mass is 9.88. The van der Waals surface area contributed by atoms with Gasteiger partial charge in [-0.15, -0.1) is 0 Å². The van der Waals surface area contributed by atoms with E-state index < -0.39 is 17.7 Å². The summed E-state index contributed by atoms with van der Waals surface area (Å²) in [5, 5.41) is 14.8. The molecule has 2 heterocycles. The van der Waals surface area contributed by atoms with Crippen LogP contribution in [0.3, 0.4) is 0 Å². The van der Waals surface area contributed by atoms with Gasteiger partial charge in [0.1, 0.15) is 12.4 Å². The van der Waals surface area contributed by atoms with Crippen molar-refractivity contribution in [2.24, 2.45) is 0 Å². The largest absolute Gasteiger partial charge is 0.490 e. The summed E-state index contributed by atoms with van der Waals surface area (Å²) in [5.41, 5.74) is 4.47. The number of pyridine rings is 1. The molecule has 0 amide bonds. The Bertz CT molecular complexity index is 1220. The number of nitrogens with one attached hydrogen (secondary N) is 1. The summed E-state index contributed by atoms with van der Waals surface area (Å²) >= 11 is 6.88. The van der Waals surface area contributed by atoms with Crippen LogP contribution in [0.2, 0.25) is 5.02 Å². The minimum Gasteiger partial charge on any atom is -0.490 e. The van der Waals surface area contributed by atoms with E-state index in [1.54, 1.807) is 0 Å². The topological polar surface area (TPSA) is 80.7 Å². The highest BCUT2D eigenvalue weighted by atomic mass is 35.5. The van der Waals surface area contributed by atoms with Crippen molar-refractivity contribution in [1.29, 1.82) is 0 Å². The second-order valence-corrected chi connectivity index (χ2v) is 9.40. The second kappa shape index (κ2) is 8.26. The maximum absolute atomic E-state index is 12.4. The van der Waals surface area contributed by atoms with Gasteiger partial charge in [0.25, 0.3) is 0 Å². The van der Waals surface area contributed by atoms with Gasteiger partial charge in [-0.3, -0.25) is 4.98 Å². The molecule has 0 aliphatic carbocycles. The molecule has 3 aromatic rings. The van der Waals surface area contributed by atoms with Gasteiger partial charge in [-0.25, -0.2) is 4.79 Å². The first-order chi connectivity index (χ1) is 15.1. The Morgan fingerprint density at radius 1 is 1.25 bits per heavy atom. The molecule has 4 rings (SSSR count). The molecule has 2 N–H and O–H groups in total. The molecule has 1 aromatic heterocycles. The lowest BCUT2D eigenvalue weighted by molar-refractivity contribution is -0.160. The van der Waals surface area contributed by atoms with E-state index in [2.05, 4.69) is 10.3 Å². The third kappa shape index (κ3) is 4.12. The van der Waals surface area contributed by atoms with E-state index in [1.807, 2.05) is 65.0 Å². The van der Waals surface area contributed by atoms with E-state index in [-0.39, 0.29) is 0 Å². The van der Waals surface area contributed by atoms with Crippen LogP contribution in [-0.4, -0.2) is 34.8 Å². The number of rotatable bonds is 4. The molecular weight excluding hydrogens is 428 g/mol. The number of ether oxygens (including phenoxy) is 2. The zero-order chi connectivity index (χ0) is 23.2. The van der Waals surface area contributed by atoms with Crippen LogP contribution in [0.1, 0.15) is 43.7 Å². The van der Waals surface area contributed by atoms with E-state index in [1.165, 1.54) is 0 Å². The monoisotopic (exact) mass is 454 g/mol. The van der Waals surface area contributed by atoms with Crippen molar-refractivity contribution in [3.05, 3.63) is 52.2 Å². The molecule has 32 heavy (non-hydrogen) atoms. The Labute approximate surface area is 192 Å². The summed E-state index contributed by atoms with van der Waals surface area (Å²) in [6, 6.07) is 9.53. The van der Waals surface area contributed by atoms with Gasteiger partial charge in [-0.05, 0) is 70.0 Å². The number of carbonyl (C=O) groups is 1. The minimum absolute atomic E-state index is 0.482.